The van der Waals surface area contributed by atoms with Gasteiger partial charge in [-0.2, -0.15) is 0 Å². The molecule has 0 aliphatic carbocycles. The second-order valence-electron chi connectivity index (χ2n) is 4.01. The second-order valence-corrected chi connectivity index (χ2v) is 4.01. The van der Waals surface area contributed by atoms with E-state index in [1.54, 1.807) is 15.6 Å². The lowest BCUT2D eigenvalue weighted by atomic mass is 10.2. The Hall–Kier alpha value is -2.17. The molecule has 0 bridgehead atoms. The quantitative estimate of drug-likeness (QED) is 0.783. The molecule has 0 saturated carbocycles. The van der Waals surface area contributed by atoms with E-state index in [4.69, 9.17) is 0 Å². The van der Waals surface area contributed by atoms with Crippen LogP contribution in [0.3, 0.4) is 0 Å². The van der Waals surface area contributed by atoms with E-state index < -0.39 is 0 Å². The van der Waals surface area contributed by atoms with Crippen LogP contribution in [-0.4, -0.2) is 15.8 Å². The van der Waals surface area contributed by atoms with Gasteiger partial charge in [0.05, 0.1) is 5.21 Å². The molecule has 0 atom stereocenters. The Kier molecular flexibility index (Phi) is 2.91. The molecule has 5 heteroatoms. The second kappa shape index (κ2) is 4.37. The summed E-state index contributed by atoms with van der Waals surface area (Å²) >= 11 is 0. The number of amides is 1. The van der Waals surface area contributed by atoms with E-state index in [1.807, 2.05) is 38.2 Å². The van der Waals surface area contributed by atoms with Crippen molar-refractivity contribution in [2.24, 2.45) is 7.05 Å². The van der Waals surface area contributed by atoms with Crippen molar-refractivity contribution in [3.63, 3.8) is 0 Å². The van der Waals surface area contributed by atoms with Crippen molar-refractivity contribution in [3.8, 4) is 5.69 Å². The van der Waals surface area contributed by atoms with Gasteiger partial charge in [-0.05, 0) is 19.1 Å². The van der Waals surface area contributed by atoms with Crippen LogP contribution in [0.2, 0.25) is 0 Å². The van der Waals surface area contributed by atoms with Crippen LogP contribution < -0.4 is 10.00 Å². The zero-order valence-corrected chi connectivity index (χ0v) is 10.1. The molecule has 17 heavy (non-hydrogen) atoms. The number of aryl methyl sites for hydroxylation is 2. The molecule has 1 amide bonds. The van der Waals surface area contributed by atoms with Gasteiger partial charge < -0.3 is 0 Å². The molecule has 0 radical (unpaired) electrons. The maximum atomic E-state index is 11.1. The maximum Gasteiger partial charge on any atom is 0.270 e. The number of nitrogens with one attached hydrogen (secondary N) is 1. The molecule has 0 aliphatic rings. The average molecular weight is 231 g/mol. The molecule has 2 rings (SSSR count). The Balaban J connectivity index is 2.43. The van der Waals surface area contributed by atoms with E-state index in [-0.39, 0.29) is 5.91 Å². The summed E-state index contributed by atoms with van der Waals surface area (Å²) in [5, 5.41) is 7.03. The molecule has 0 unspecified atom stereocenters. The van der Waals surface area contributed by atoms with Crippen LogP contribution in [0.5, 0.6) is 0 Å². The SMILES string of the molecule is CC(=O)Nc1c[n+](C)nn1-c1ccc(C)cc1. The van der Waals surface area contributed by atoms with E-state index in [1.165, 1.54) is 12.5 Å². The Morgan fingerprint density at radius 1 is 1.35 bits per heavy atom. The van der Waals surface area contributed by atoms with Crippen molar-refractivity contribution in [1.82, 2.24) is 9.90 Å². The van der Waals surface area contributed by atoms with Crippen LogP contribution >= 0.6 is 0 Å². The molecular formula is C12H15N4O+. The summed E-state index contributed by atoms with van der Waals surface area (Å²) in [5.74, 6) is 0.544. The molecule has 0 saturated heterocycles. The third-order valence-corrected chi connectivity index (χ3v) is 2.35. The lowest BCUT2D eigenvalue weighted by Crippen LogP contribution is -2.30. The van der Waals surface area contributed by atoms with Gasteiger partial charge in [0.2, 0.25) is 5.91 Å². The van der Waals surface area contributed by atoms with Gasteiger partial charge in [0, 0.05) is 6.92 Å². The van der Waals surface area contributed by atoms with Crippen LogP contribution in [0.4, 0.5) is 5.82 Å². The molecule has 5 nitrogen and oxygen atoms in total. The van der Waals surface area contributed by atoms with Crippen LogP contribution in [0.1, 0.15) is 12.5 Å². The third-order valence-electron chi connectivity index (χ3n) is 2.35. The number of rotatable bonds is 2. The molecule has 88 valence electrons. The van der Waals surface area contributed by atoms with Gasteiger partial charge in [0.15, 0.2) is 11.9 Å². The molecule has 1 aromatic carbocycles. The molecular weight excluding hydrogens is 216 g/mol. The highest BCUT2D eigenvalue weighted by molar-refractivity contribution is 5.87. The first kappa shape index (κ1) is 11.3. The van der Waals surface area contributed by atoms with Crippen LogP contribution in [0, 0.1) is 6.92 Å². The van der Waals surface area contributed by atoms with Crippen molar-refractivity contribution in [3.05, 3.63) is 36.0 Å². The summed E-state index contributed by atoms with van der Waals surface area (Å²) in [5.41, 5.74) is 2.10. The minimum Gasteiger partial charge on any atom is -0.288 e. The van der Waals surface area contributed by atoms with E-state index in [2.05, 4.69) is 10.5 Å². The van der Waals surface area contributed by atoms with Crippen molar-refractivity contribution in [1.29, 1.82) is 0 Å². The molecule has 0 fully saturated rings. The van der Waals surface area contributed by atoms with Crippen molar-refractivity contribution >= 4 is 11.7 Å². The van der Waals surface area contributed by atoms with Gasteiger partial charge in [0.25, 0.3) is 5.82 Å². The smallest absolute Gasteiger partial charge is 0.270 e. The largest absolute Gasteiger partial charge is 0.288 e. The Labute approximate surface area is 99.7 Å². The highest BCUT2D eigenvalue weighted by Crippen LogP contribution is 2.13. The van der Waals surface area contributed by atoms with Gasteiger partial charge in [-0.1, -0.05) is 22.4 Å². The normalized spacial score (nSPS) is 10.3. The van der Waals surface area contributed by atoms with Crippen molar-refractivity contribution in [2.45, 2.75) is 13.8 Å². The summed E-state index contributed by atoms with van der Waals surface area (Å²) < 4.78 is 3.35. The Morgan fingerprint density at radius 3 is 2.59 bits per heavy atom. The van der Waals surface area contributed by atoms with Gasteiger partial charge >= 0.3 is 0 Å². The Bertz CT molecular complexity index is 542. The number of benzene rings is 1. The zero-order chi connectivity index (χ0) is 12.4. The number of nitrogens with zero attached hydrogens (tertiary/aromatic N) is 3. The van der Waals surface area contributed by atoms with Gasteiger partial charge in [0.1, 0.15) is 7.05 Å². The summed E-state index contributed by atoms with van der Waals surface area (Å²) in [6.45, 7) is 3.51. The number of hydrogen-bond acceptors (Lipinski definition) is 2. The molecule has 1 aromatic heterocycles. The number of aromatic nitrogens is 3. The lowest BCUT2D eigenvalue weighted by molar-refractivity contribution is -0.731. The number of carbonyl (C=O) groups is 1. The van der Waals surface area contributed by atoms with Crippen molar-refractivity contribution < 1.29 is 9.48 Å². The first-order valence-corrected chi connectivity index (χ1v) is 5.37. The minimum atomic E-state index is -0.112. The van der Waals surface area contributed by atoms with Crippen molar-refractivity contribution in [2.75, 3.05) is 5.32 Å². The third kappa shape index (κ3) is 2.50. The monoisotopic (exact) mass is 231 g/mol. The van der Waals surface area contributed by atoms with Gasteiger partial charge in [-0.25, -0.2) is 0 Å². The predicted molar refractivity (Wildman–Crippen MR) is 63.8 cm³/mol. The molecule has 1 heterocycles. The minimum absolute atomic E-state index is 0.112. The highest BCUT2D eigenvalue weighted by Gasteiger charge is 2.16. The van der Waals surface area contributed by atoms with Crippen LogP contribution in [0.15, 0.2) is 30.5 Å². The summed E-state index contributed by atoms with van der Waals surface area (Å²) in [6, 6.07) is 7.95. The van der Waals surface area contributed by atoms with Crippen LogP contribution in [0.25, 0.3) is 5.69 Å². The summed E-state index contributed by atoms with van der Waals surface area (Å²) in [4.78, 5) is 11.1. The number of carbonyl (C=O) groups excluding carboxylic acids is 1. The van der Waals surface area contributed by atoms with E-state index in [9.17, 15) is 4.79 Å². The predicted octanol–water partition coefficient (Wildman–Crippen LogP) is 0.964. The Morgan fingerprint density at radius 2 is 2.00 bits per heavy atom. The standard InChI is InChI=1S/C12H14N4O/c1-9-4-6-11(7-5-9)16-12(13-10(2)17)8-15(3)14-16/h4-8H,1-3H3/p+1. The number of anilines is 1. The van der Waals surface area contributed by atoms with Gasteiger partial charge in [-0.3, -0.25) is 10.1 Å². The van der Waals surface area contributed by atoms with Crippen LogP contribution in [-0.2, 0) is 11.8 Å². The summed E-state index contributed by atoms with van der Waals surface area (Å²) in [7, 11) is 1.82. The molecule has 0 spiro atoms. The zero-order valence-electron chi connectivity index (χ0n) is 10.1. The first-order chi connectivity index (χ1) is 8.06. The number of hydrogen-bond donors (Lipinski definition) is 1. The molecule has 1 N–H and O–H groups in total. The fourth-order valence-corrected chi connectivity index (χ4v) is 1.59. The van der Waals surface area contributed by atoms with E-state index in [0.717, 1.165) is 5.69 Å². The fourth-order valence-electron chi connectivity index (χ4n) is 1.59. The fraction of sp³-hybridized carbons (Fsp3) is 0.250. The molecule has 2 aromatic rings. The van der Waals surface area contributed by atoms with Gasteiger partial charge in [-0.15, -0.1) is 4.68 Å². The highest BCUT2D eigenvalue weighted by atomic mass is 16.1. The average Bonchev–Trinajstić information content (AvgIpc) is 2.59. The van der Waals surface area contributed by atoms with E-state index >= 15 is 0 Å². The van der Waals surface area contributed by atoms with E-state index in [0.29, 0.717) is 5.82 Å². The first-order valence-electron chi connectivity index (χ1n) is 5.37. The summed E-state index contributed by atoms with van der Waals surface area (Å²) in [6.07, 6.45) is 1.77. The topological polar surface area (TPSA) is 50.8 Å². The molecule has 0 aliphatic heterocycles. The maximum absolute atomic E-state index is 11.1. The lowest BCUT2D eigenvalue weighted by Gasteiger charge is -1.99.